The van der Waals surface area contributed by atoms with Gasteiger partial charge in [-0.2, -0.15) is 0 Å². The zero-order valence-electron chi connectivity index (χ0n) is 9.91. The highest BCUT2D eigenvalue weighted by Gasteiger charge is 2.15. The molecule has 1 aromatic carbocycles. The quantitative estimate of drug-likeness (QED) is 0.776. The Labute approximate surface area is 96.6 Å². The number of halogens is 1. The summed E-state index contributed by atoms with van der Waals surface area (Å²) in [5, 5.41) is 0. The van der Waals surface area contributed by atoms with Crippen LogP contribution < -0.4 is 10.6 Å². The molecule has 0 amide bonds. The fourth-order valence-corrected chi connectivity index (χ4v) is 1.81. The van der Waals surface area contributed by atoms with E-state index >= 15 is 0 Å². The summed E-state index contributed by atoms with van der Waals surface area (Å²) in [6, 6.07) is 4.75. The fraction of sp³-hybridized carbons (Fsp3) is 0.385. The van der Waals surface area contributed by atoms with E-state index in [1.165, 1.54) is 6.07 Å². The number of nitrogens with zero attached hydrogens (tertiary/aromatic N) is 1. The predicted octanol–water partition coefficient (Wildman–Crippen LogP) is 2.86. The van der Waals surface area contributed by atoms with Crippen LogP contribution >= 0.6 is 0 Å². The molecule has 88 valence electrons. The van der Waals surface area contributed by atoms with Gasteiger partial charge in [-0.1, -0.05) is 12.1 Å². The molecule has 3 heteroatoms. The average Bonchev–Trinajstić information content (AvgIpc) is 2.25. The van der Waals surface area contributed by atoms with E-state index in [4.69, 9.17) is 5.73 Å². The number of rotatable bonds is 5. The van der Waals surface area contributed by atoms with E-state index in [0.29, 0.717) is 12.1 Å². The minimum Gasteiger partial charge on any atom is -0.368 e. The van der Waals surface area contributed by atoms with Gasteiger partial charge in [0, 0.05) is 30.4 Å². The molecule has 0 fully saturated rings. The van der Waals surface area contributed by atoms with Gasteiger partial charge in [0.25, 0.3) is 0 Å². The van der Waals surface area contributed by atoms with Crippen LogP contribution in [0.5, 0.6) is 0 Å². The number of hydrogen-bond donors (Lipinski definition) is 1. The Morgan fingerprint density at radius 1 is 1.56 bits per heavy atom. The van der Waals surface area contributed by atoms with Gasteiger partial charge in [-0.15, -0.1) is 6.58 Å². The molecule has 0 saturated carbocycles. The smallest absolute Gasteiger partial charge is 0.130 e. The van der Waals surface area contributed by atoms with Gasteiger partial charge in [-0.3, -0.25) is 0 Å². The summed E-state index contributed by atoms with van der Waals surface area (Å²) in [5.74, 6) is -0.241. The Hall–Kier alpha value is -1.35. The summed E-state index contributed by atoms with van der Waals surface area (Å²) in [6.45, 7) is 9.02. The molecule has 2 N–H and O–H groups in total. The lowest BCUT2D eigenvalue weighted by Crippen LogP contribution is -2.25. The minimum atomic E-state index is -0.310. The molecule has 0 aromatic heterocycles. The summed E-state index contributed by atoms with van der Waals surface area (Å²) in [4.78, 5) is 2.05. The van der Waals surface area contributed by atoms with Crippen molar-refractivity contribution in [2.75, 3.05) is 18.0 Å². The molecule has 0 saturated heterocycles. The first-order valence-electron chi connectivity index (χ1n) is 5.51. The van der Waals surface area contributed by atoms with Gasteiger partial charge in [-0.05, 0) is 26.0 Å². The van der Waals surface area contributed by atoms with E-state index in [1.54, 1.807) is 19.1 Å². The highest BCUT2D eigenvalue weighted by Crippen LogP contribution is 2.27. The number of nitrogens with two attached hydrogens (primary N) is 1. The second kappa shape index (κ2) is 5.66. The molecule has 2 nitrogen and oxygen atoms in total. The van der Waals surface area contributed by atoms with Crippen LogP contribution in [0.25, 0.3) is 0 Å². The molecule has 0 aliphatic carbocycles. The standard InChI is InChI=1S/C13H19FN2/c1-4-9-16(5-2)12-8-6-7-11(14)13(12)10(3)15/h4,6-8,10H,1,5,9,15H2,2-3H3/t10-/m1/s1. The Morgan fingerprint density at radius 2 is 2.25 bits per heavy atom. The van der Waals surface area contributed by atoms with Crippen LogP contribution in [0, 0.1) is 5.82 Å². The van der Waals surface area contributed by atoms with Crippen LogP contribution in [0.2, 0.25) is 0 Å². The lowest BCUT2D eigenvalue weighted by Gasteiger charge is -2.26. The Morgan fingerprint density at radius 3 is 2.75 bits per heavy atom. The molecule has 0 unspecified atom stereocenters. The average molecular weight is 222 g/mol. The number of hydrogen-bond acceptors (Lipinski definition) is 2. The van der Waals surface area contributed by atoms with Crippen molar-refractivity contribution in [2.45, 2.75) is 19.9 Å². The maximum Gasteiger partial charge on any atom is 0.130 e. The third-order valence-electron chi connectivity index (χ3n) is 2.56. The van der Waals surface area contributed by atoms with Crippen molar-refractivity contribution < 1.29 is 4.39 Å². The third-order valence-corrected chi connectivity index (χ3v) is 2.56. The molecule has 0 radical (unpaired) electrons. The maximum atomic E-state index is 13.7. The van der Waals surface area contributed by atoms with E-state index in [2.05, 4.69) is 11.5 Å². The predicted molar refractivity (Wildman–Crippen MR) is 67.1 cm³/mol. The van der Waals surface area contributed by atoms with Crippen molar-refractivity contribution in [3.05, 3.63) is 42.2 Å². The van der Waals surface area contributed by atoms with Crippen molar-refractivity contribution in [3.8, 4) is 0 Å². The molecule has 0 bridgehead atoms. The maximum absolute atomic E-state index is 13.7. The van der Waals surface area contributed by atoms with E-state index in [-0.39, 0.29) is 11.9 Å². The van der Waals surface area contributed by atoms with Gasteiger partial charge >= 0.3 is 0 Å². The van der Waals surface area contributed by atoms with Gasteiger partial charge in [-0.25, -0.2) is 4.39 Å². The SMILES string of the molecule is C=CCN(CC)c1cccc(F)c1[C@@H](C)N. The molecular formula is C13H19FN2. The van der Waals surface area contributed by atoms with Gasteiger partial charge in [0.2, 0.25) is 0 Å². The van der Waals surface area contributed by atoms with Crippen LogP contribution in [-0.2, 0) is 0 Å². The molecule has 0 aliphatic heterocycles. The first-order chi connectivity index (χ1) is 7.61. The summed E-state index contributed by atoms with van der Waals surface area (Å²) in [5.41, 5.74) is 7.25. The molecule has 0 spiro atoms. The first-order valence-corrected chi connectivity index (χ1v) is 5.51. The molecule has 1 atom stereocenters. The largest absolute Gasteiger partial charge is 0.368 e. The van der Waals surface area contributed by atoms with Gasteiger partial charge in [0.15, 0.2) is 0 Å². The molecule has 16 heavy (non-hydrogen) atoms. The highest BCUT2D eigenvalue weighted by molar-refractivity contribution is 5.55. The monoisotopic (exact) mass is 222 g/mol. The highest BCUT2D eigenvalue weighted by atomic mass is 19.1. The van der Waals surface area contributed by atoms with Crippen LogP contribution in [0.3, 0.4) is 0 Å². The van der Waals surface area contributed by atoms with Gasteiger partial charge < -0.3 is 10.6 Å². The molecule has 1 rings (SSSR count). The van der Waals surface area contributed by atoms with Crippen molar-refractivity contribution in [1.82, 2.24) is 0 Å². The number of likely N-dealkylation sites (N-methyl/N-ethyl adjacent to an activating group) is 1. The Balaban J connectivity index is 3.19. The third kappa shape index (κ3) is 2.61. The fourth-order valence-electron chi connectivity index (χ4n) is 1.81. The Bertz CT molecular complexity index is 361. The lowest BCUT2D eigenvalue weighted by molar-refractivity contribution is 0.592. The van der Waals surface area contributed by atoms with Crippen LogP contribution in [-0.4, -0.2) is 13.1 Å². The second-order valence-electron chi connectivity index (χ2n) is 3.79. The summed E-state index contributed by atoms with van der Waals surface area (Å²) in [6.07, 6.45) is 1.80. The van der Waals surface area contributed by atoms with Gasteiger partial charge in [0.1, 0.15) is 5.82 Å². The zero-order valence-corrected chi connectivity index (χ0v) is 9.91. The Kier molecular flexibility index (Phi) is 4.50. The van der Waals surface area contributed by atoms with Crippen molar-refractivity contribution in [3.63, 3.8) is 0 Å². The molecule has 1 aromatic rings. The molecule has 0 heterocycles. The van der Waals surface area contributed by atoms with Crippen molar-refractivity contribution in [2.24, 2.45) is 5.73 Å². The normalized spacial score (nSPS) is 12.2. The van der Waals surface area contributed by atoms with Gasteiger partial charge in [0.05, 0.1) is 0 Å². The van der Waals surface area contributed by atoms with Crippen molar-refractivity contribution >= 4 is 5.69 Å². The summed E-state index contributed by atoms with van der Waals surface area (Å²) in [7, 11) is 0. The topological polar surface area (TPSA) is 29.3 Å². The molecular weight excluding hydrogens is 203 g/mol. The second-order valence-corrected chi connectivity index (χ2v) is 3.79. The number of benzene rings is 1. The van der Waals surface area contributed by atoms with Crippen LogP contribution in [0.1, 0.15) is 25.5 Å². The minimum absolute atomic E-state index is 0.241. The van der Waals surface area contributed by atoms with E-state index < -0.39 is 0 Å². The van der Waals surface area contributed by atoms with Crippen LogP contribution in [0.4, 0.5) is 10.1 Å². The van der Waals surface area contributed by atoms with Crippen molar-refractivity contribution in [1.29, 1.82) is 0 Å². The molecule has 0 aliphatic rings. The summed E-state index contributed by atoms with van der Waals surface area (Å²) >= 11 is 0. The van der Waals surface area contributed by atoms with Crippen LogP contribution in [0.15, 0.2) is 30.9 Å². The van der Waals surface area contributed by atoms with E-state index in [1.807, 2.05) is 13.0 Å². The number of anilines is 1. The van der Waals surface area contributed by atoms with E-state index in [0.717, 1.165) is 12.2 Å². The van der Waals surface area contributed by atoms with E-state index in [9.17, 15) is 4.39 Å². The first kappa shape index (κ1) is 12.7. The zero-order chi connectivity index (χ0) is 12.1. The summed E-state index contributed by atoms with van der Waals surface area (Å²) < 4.78 is 13.7. The lowest BCUT2D eigenvalue weighted by atomic mass is 10.0.